The highest BCUT2D eigenvalue weighted by Gasteiger charge is 2.19. The second-order valence-electron chi connectivity index (χ2n) is 5.06. The van der Waals surface area contributed by atoms with E-state index in [1.54, 1.807) is 0 Å². The van der Waals surface area contributed by atoms with Gasteiger partial charge in [0.25, 0.3) is 5.89 Å². The average molecular weight is 281 g/mol. The molecule has 1 aromatic carbocycles. The van der Waals surface area contributed by atoms with Gasteiger partial charge in [-0.25, -0.2) is 0 Å². The predicted octanol–water partition coefficient (Wildman–Crippen LogP) is 3.47. The Morgan fingerprint density at radius 1 is 1.00 bits per heavy atom. The molecule has 106 valence electrons. The van der Waals surface area contributed by atoms with Gasteiger partial charge in [0, 0.05) is 22.5 Å². The van der Waals surface area contributed by atoms with Crippen LogP contribution in [0.15, 0.2) is 28.7 Å². The summed E-state index contributed by atoms with van der Waals surface area (Å²) in [5.41, 5.74) is 4.90. The van der Waals surface area contributed by atoms with Crippen LogP contribution in [0.2, 0.25) is 0 Å². The van der Waals surface area contributed by atoms with Crippen LogP contribution < -0.4 is 0 Å². The van der Waals surface area contributed by atoms with Gasteiger partial charge >= 0.3 is 0 Å². The van der Waals surface area contributed by atoms with Gasteiger partial charge in [-0.2, -0.15) is 0 Å². The average Bonchev–Trinajstić information content (AvgIpc) is 3.03. The molecule has 5 nitrogen and oxygen atoms in total. The molecule has 3 rings (SSSR count). The highest BCUT2D eigenvalue weighted by Crippen LogP contribution is 2.30. The van der Waals surface area contributed by atoms with E-state index in [1.807, 2.05) is 45.0 Å². The number of aromatic amines is 1. The van der Waals surface area contributed by atoms with Gasteiger partial charge in [-0.1, -0.05) is 17.7 Å². The number of carbonyl (C=O) groups is 1. The van der Waals surface area contributed by atoms with E-state index in [-0.39, 0.29) is 0 Å². The maximum absolute atomic E-state index is 11.2. The molecule has 21 heavy (non-hydrogen) atoms. The summed E-state index contributed by atoms with van der Waals surface area (Å²) in [7, 11) is 0. The fraction of sp³-hybridized carbons (Fsp3) is 0.188. The Labute approximate surface area is 122 Å². The first-order chi connectivity index (χ1) is 10.1. The van der Waals surface area contributed by atoms with E-state index in [1.165, 1.54) is 5.56 Å². The molecule has 0 fully saturated rings. The van der Waals surface area contributed by atoms with E-state index in [4.69, 9.17) is 4.42 Å². The van der Waals surface area contributed by atoms with Crippen LogP contribution in [0.3, 0.4) is 0 Å². The Hall–Kier alpha value is -2.69. The first-order valence-electron chi connectivity index (χ1n) is 6.65. The third-order valence-corrected chi connectivity index (χ3v) is 3.48. The molecule has 0 bridgehead atoms. The number of benzene rings is 1. The van der Waals surface area contributed by atoms with E-state index < -0.39 is 0 Å². The molecule has 5 heteroatoms. The van der Waals surface area contributed by atoms with Gasteiger partial charge in [-0.3, -0.25) is 4.79 Å². The minimum Gasteiger partial charge on any atom is -0.416 e. The minimum atomic E-state index is 0.356. The van der Waals surface area contributed by atoms with Gasteiger partial charge < -0.3 is 9.40 Å². The number of aryl methyl sites for hydroxylation is 3. The number of aldehydes is 1. The van der Waals surface area contributed by atoms with Crippen molar-refractivity contribution in [3.05, 3.63) is 46.8 Å². The lowest BCUT2D eigenvalue weighted by molar-refractivity contribution is 0.112. The van der Waals surface area contributed by atoms with E-state index in [2.05, 4.69) is 15.2 Å². The number of nitrogens with zero attached hydrogens (tertiary/aromatic N) is 2. The van der Waals surface area contributed by atoms with Crippen molar-refractivity contribution in [3.8, 4) is 22.9 Å². The molecule has 0 aliphatic heterocycles. The normalized spacial score (nSPS) is 10.8. The molecule has 3 aromatic rings. The van der Waals surface area contributed by atoms with Gasteiger partial charge in [-0.15, -0.1) is 10.2 Å². The van der Waals surface area contributed by atoms with Crippen LogP contribution in [0.5, 0.6) is 0 Å². The zero-order valence-electron chi connectivity index (χ0n) is 12.1. The smallest absolute Gasteiger partial charge is 0.250 e. The molecule has 0 atom stereocenters. The molecular weight excluding hydrogens is 266 g/mol. The molecule has 0 aliphatic carbocycles. The zero-order valence-corrected chi connectivity index (χ0v) is 12.1. The quantitative estimate of drug-likeness (QED) is 0.746. The Bertz CT molecular complexity index is 798. The fourth-order valence-electron chi connectivity index (χ4n) is 2.36. The van der Waals surface area contributed by atoms with Crippen molar-refractivity contribution in [1.82, 2.24) is 15.2 Å². The minimum absolute atomic E-state index is 0.356. The number of aromatic nitrogens is 3. The lowest BCUT2D eigenvalue weighted by Gasteiger charge is -1.96. The third-order valence-electron chi connectivity index (χ3n) is 3.48. The molecule has 2 heterocycles. The van der Waals surface area contributed by atoms with E-state index in [0.717, 1.165) is 23.2 Å². The molecular formula is C16H15N3O2. The van der Waals surface area contributed by atoms with Crippen molar-refractivity contribution in [3.63, 3.8) is 0 Å². The summed E-state index contributed by atoms with van der Waals surface area (Å²) in [6.45, 7) is 5.74. The lowest BCUT2D eigenvalue weighted by atomic mass is 10.1. The predicted molar refractivity (Wildman–Crippen MR) is 79.1 cm³/mol. The fourth-order valence-corrected chi connectivity index (χ4v) is 2.36. The van der Waals surface area contributed by atoms with Gasteiger partial charge in [-0.05, 0) is 32.9 Å². The van der Waals surface area contributed by atoms with Crippen LogP contribution in [-0.4, -0.2) is 21.5 Å². The molecule has 2 aromatic heterocycles. The number of rotatable bonds is 3. The van der Waals surface area contributed by atoms with Crippen molar-refractivity contribution in [1.29, 1.82) is 0 Å². The Morgan fingerprint density at radius 2 is 1.67 bits per heavy atom. The number of hydrogen-bond donors (Lipinski definition) is 1. The SMILES string of the molecule is Cc1ccc(-c2nnc(-c3c(C)[nH]c(C)c3C=O)o2)cc1. The monoisotopic (exact) mass is 281 g/mol. The summed E-state index contributed by atoms with van der Waals surface area (Å²) in [6.07, 6.45) is 0.809. The third kappa shape index (κ3) is 2.27. The van der Waals surface area contributed by atoms with E-state index >= 15 is 0 Å². The summed E-state index contributed by atoms with van der Waals surface area (Å²) in [6, 6.07) is 7.84. The molecule has 0 radical (unpaired) electrons. The molecule has 0 saturated carbocycles. The van der Waals surface area contributed by atoms with Crippen LogP contribution in [-0.2, 0) is 0 Å². The van der Waals surface area contributed by atoms with Gasteiger partial charge in [0.1, 0.15) is 0 Å². The van der Waals surface area contributed by atoms with Crippen molar-refractivity contribution in [2.24, 2.45) is 0 Å². The summed E-state index contributed by atoms with van der Waals surface area (Å²) in [5, 5.41) is 8.14. The topological polar surface area (TPSA) is 71.8 Å². The summed E-state index contributed by atoms with van der Waals surface area (Å²) < 4.78 is 5.73. The Balaban J connectivity index is 2.06. The molecule has 0 amide bonds. The summed E-state index contributed by atoms with van der Waals surface area (Å²) in [5.74, 6) is 0.801. The number of nitrogens with one attached hydrogen (secondary N) is 1. The lowest BCUT2D eigenvalue weighted by Crippen LogP contribution is -1.86. The largest absolute Gasteiger partial charge is 0.416 e. The second kappa shape index (κ2) is 5.01. The van der Waals surface area contributed by atoms with Crippen molar-refractivity contribution < 1.29 is 9.21 Å². The molecule has 0 saturated heterocycles. The second-order valence-corrected chi connectivity index (χ2v) is 5.06. The highest BCUT2D eigenvalue weighted by atomic mass is 16.4. The maximum atomic E-state index is 11.2. The van der Waals surface area contributed by atoms with Crippen LogP contribution in [0, 0.1) is 20.8 Å². The summed E-state index contributed by atoms with van der Waals surface area (Å²) >= 11 is 0. The van der Waals surface area contributed by atoms with E-state index in [9.17, 15) is 4.79 Å². The van der Waals surface area contributed by atoms with E-state index in [0.29, 0.717) is 22.9 Å². The standard InChI is InChI=1S/C16H15N3O2/c1-9-4-6-12(7-5-9)15-18-19-16(21-15)14-11(3)17-10(2)13(14)8-20/h4-8,17H,1-3H3. The van der Waals surface area contributed by atoms with Crippen molar-refractivity contribution in [2.45, 2.75) is 20.8 Å². The highest BCUT2D eigenvalue weighted by molar-refractivity contribution is 5.88. The van der Waals surface area contributed by atoms with Gasteiger partial charge in [0.2, 0.25) is 5.89 Å². The van der Waals surface area contributed by atoms with Crippen molar-refractivity contribution >= 4 is 6.29 Å². The molecule has 1 N–H and O–H groups in total. The molecule has 0 unspecified atom stereocenters. The van der Waals surface area contributed by atoms with Crippen LogP contribution in [0.1, 0.15) is 27.3 Å². The van der Waals surface area contributed by atoms with Crippen LogP contribution in [0.25, 0.3) is 22.9 Å². The zero-order chi connectivity index (χ0) is 15.0. The first kappa shape index (κ1) is 13.3. The molecule has 0 aliphatic rings. The number of hydrogen-bond acceptors (Lipinski definition) is 4. The number of carbonyl (C=O) groups excluding carboxylic acids is 1. The van der Waals surface area contributed by atoms with Gasteiger partial charge in [0.15, 0.2) is 6.29 Å². The number of H-pyrrole nitrogens is 1. The molecule has 0 spiro atoms. The van der Waals surface area contributed by atoms with Crippen LogP contribution in [0.4, 0.5) is 0 Å². The Kier molecular flexibility index (Phi) is 3.17. The van der Waals surface area contributed by atoms with Gasteiger partial charge in [0.05, 0.1) is 5.56 Å². The Morgan fingerprint density at radius 3 is 2.33 bits per heavy atom. The summed E-state index contributed by atoms with van der Waals surface area (Å²) in [4.78, 5) is 14.4. The first-order valence-corrected chi connectivity index (χ1v) is 6.65. The maximum Gasteiger partial charge on any atom is 0.250 e. The van der Waals surface area contributed by atoms with Crippen molar-refractivity contribution in [2.75, 3.05) is 0 Å². The van der Waals surface area contributed by atoms with Crippen LogP contribution >= 0.6 is 0 Å².